The number of nitro groups is 1. The number of anilines is 2. The molecule has 0 radical (unpaired) electrons. The van der Waals surface area contributed by atoms with Gasteiger partial charge >= 0.3 is 0 Å². The van der Waals surface area contributed by atoms with Gasteiger partial charge in [0.25, 0.3) is 5.69 Å². The van der Waals surface area contributed by atoms with Gasteiger partial charge in [0.05, 0.1) is 19.1 Å². The van der Waals surface area contributed by atoms with Crippen LogP contribution < -0.4 is 25.0 Å². The second-order valence-electron chi connectivity index (χ2n) is 10.0. The van der Waals surface area contributed by atoms with Gasteiger partial charge in [0.15, 0.2) is 0 Å². The van der Waals surface area contributed by atoms with E-state index in [-0.39, 0.29) is 10.6 Å². The minimum Gasteiger partial charge on any atom is -0.497 e. The van der Waals surface area contributed by atoms with Crippen LogP contribution in [0.25, 0.3) is 0 Å². The van der Waals surface area contributed by atoms with Crippen LogP contribution in [0.5, 0.6) is 11.5 Å². The summed E-state index contributed by atoms with van der Waals surface area (Å²) in [4.78, 5) is 13.7. The maximum absolute atomic E-state index is 11.8. The van der Waals surface area contributed by atoms with Crippen LogP contribution in [-0.2, 0) is 6.54 Å². The number of methoxy groups -OCH3 is 2. The van der Waals surface area contributed by atoms with Crippen molar-refractivity contribution in [2.75, 3.05) is 50.6 Å². The summed E-state index contributed by atoms with van der Waals surface area (Å²) in [7, 11) is 3.27. The first kappa shape index (κ1) is 26.1. The van der Waals surface area contributed by atoms with Gasteiger partial charge in [-0.2, -0.15) is 0 Å². The second-order valence-corrected chi connectivity index (χ2v) is 10.0. The summed E-state index contributed by atoms with van der Waals surface area (Å²) in [5, 5.41) is 18.6. The Labute approximate surface area is 214 Å². The topological polar surface area (TPSA) is 88.9 Å². The van der Waals surface area contributed by atoms with Crippen LogP contribution in [0.2, 0.25) is 0 Å². The highest BCUT2D eigenvalue weighted by Crippen LogP contribution is 2.35. The van der Waals surface area contributed by atoms with Crippen molar-refractivity contribution in [3.05, 3.63) is 52.1 Å². The molecule has 196 valence electrons. The summed E-state index contributed by atoms with van der Waals surface area (Å²) in [6.07, 6.45) is 8.78. The first-order chi connectivity index (χ1) is 17.6. The van der Waals surface area contributed by atoms with Crippen LogP contribution >= 0.6 is 0 Å². The number of ether oxygens (including phenoxy) is 2. The van der Waals surface area contributed by atoms with E-state index in [2.05, 4.69) is 15.5 Å². The average Bonchev–Trinajstić information content (AvgIpc) is 2.92. The molecule has 4 rings (SSSR count). The number of benzene rings is 2. The molecule has 36 heavy (non-hydrogen) atoms. The van der Waals surface area contributed by atoms with Gasteiger partial charge in [-0.05, 0) is 74.9 Å². The summed E-state index contributed by atoms with van der Waals surface area (Å²) in [6, 6.07) is 11.0. The van der Waals surface area contributed by atoms with E-state index in [1.165, 1.54) is 45.2 Å². The van der Waals surface area contributed by atoms with E-state index in [1.807, 2.05) is 24.3 Å². The maximum atomic E-state index is 11.8. The molecular formula is C28H40N4O4. The number of hydrogen-bond acceptors (Lipinski definition) is 7. The minimum absolute atomic E-state index is 0.173. The van der Waals surface area contributed by atoms with E-state index in [9.17, 15) is 10.1 Å². The fraction of sp³-hybridized carbons (Fsp3) is 0.571. The van der Waals surface area contributed by atoms with Gasteiger partial charge in [-0.25, -0.2) is 0 Å². The Hall–Kier alpha value is -3.00. The molecule has 2 aromatic rings. The molecule has 0 unspecified atom stereocenters. The van der Waals surface area contributed by atoms with E-state index in [0.717, 1.165) is 60.5 Å². The Bertz CT molecular complexity index is 1000. The van der Waals surface area contributed by atoms with Crippen molar-refractivity contribution in [3.8, 4) is 11.5 Å². The molecule has 0 atom stereocenters. The molecule has 2 fully saturated rings. The Kier molecular flexibility index (Phi) is 9.28. The molecule has 8 nitrogen and oxygen atoms in total. The minimum atomic E-state index is -0.267. The van der Waals surface area contributed by atoms with Gasteiger partial charge < -0.3 is 25.0 Å². The fourth-order valence-electron chi connectivity index (χ4n) is 5.56. The van der Waals surface area contributed by atoms with Crippen LogP contribution in [-0.4, -0.2) is 45.3 Å². The predicted octanol–water partition coefficient (Wildman–Crippen LogP) is 5.61. The van der Waals surface area contributed by atoms with Gasteiger partial charge in [-0.1, -0.05) is 19.3 Å². The van der Waals surface area contributed by atoms with Gasteiger partial charge in [0.1, 0.15) is 17.2 Å². The molecule has 2 aliphatic rings. The predicted molar refractivity (Wildman–Crippen MR) is 144 cm³/mol. The zero-order valence-corrected chi connectivity index (χ0v) is 21.6. The van der Waals surface area contributed by atoms with Crippen LogP contribution in [0.1, 0.15) is 50.5 Å². The molecule has 2 aliphatic heterocycles. The Morgan fingerprint density at radius 2 is 1.72 bits per heavy atom. The van der Waals surface area contributed by atoms with Crippen LogP contribution in [0.15, 0.2) is 36.4 Å². The van der Waals surface area contributed by atoms with Crippen molar-refractivity contribution in [2.24, 2.45) is 11.8 Å². The summed E-state index contributed by atoms with van der Waals surface area (Å²) >= 11 is 0. The lowest BCUT2D eigenvalue weighted by Crippen LogP contribution is -2.34. The third kappa shape index (κ3) is 6.81. The summed E-state index contributed by atoms with van der Waals surface area (Å²) in [6.45, 7) is 4.62. The molecule has 0 bridgehead atoms. The van der Waals surface area contributed by atoms with Crippen molar-refractivity contribution >= 4 is 17.1 Å². The smallest absolute Gasteiger partial charge is 0.292 e. The Morgan fingerprint density at radius 1 is 1.00 bits per heavy atom. The maximum Gasteiger partial charge on any atom is 0.292 e. The number of nitrogens with zero attached hydrogens (tertiary/aromatic N) is 2. The van der Waals surface area contributed by atoms with Crippen molar-refractivity contribution in [2.45, 2.75) is 51.5 Å². The second kappa shape index (κ2) is 12.8. The highest BCUT2D eigenvalue weighted by atomic mass is 16.6. The quantitative estimate of drug-likeness (QED) is 0.309. The van der Waals surface area contributed by atoms with Crippen LogP contribution in [0.4, 0.5) is 17.1 Å². The third-order valence-corrected chi connectivity index (χ3v) is 7.79. The molecule has 8 heteroatoms. The number of piperidine rings is 2. The monoisotopic (exact) mass is 496 g/mol. The van der Waals surface area contributed by atoms with Crippen molar-refractivity contribution in [3.63, 3.8) is 0 Å². The van der Waals surface area contributed by atoms with E-state index in [4.69, 9.17) is 9.47 Å². The van der Waals surface area contributed by atoms with E-state index in [1.54, 1.807) is 26.4 Å². The zero-order valence-electron chi connectivity index (χ0n) is 21.6. The summed E-state index contributed by atoms with van der Waals surface area (Å²) in [5.74, 6) is 3.10. The highest BCUT2D eigenvalue weighted by molar-refractivity contribution is 5.70. The molecule has 2 aromatic carbocycles. The molecule has 2 heterocycles. The summed E-state index contributed by atoms with van der Waals surface area (Å²) in [5.41, 5.74) is 2.73. The average molecular weight is 497 g/mol. The Morgan fingerprint density at radius 3 is 2.39 bits per heavy atom. The van der Waals surface area contributed by atoms with E-state index < -0.39 is 0 Å². The first-order valence-corrected chi connectivity index (χ1v) is 13.3. The van der Waals surface area contributed by atoms with Crippen LogP contribution in [0, 0.1) is 22.0 Å². The zero-order chi connectivity index (χ0) is 25.3. The molecule has 0 spiro atoms. The van der Waals surface area contributed by atoms with Gasteiger partial charge in [0, 0.05) is 43.0 Å². The Balaban J connectivity index is 1.34. The van der Waals surface area contributed by atoms with Crippen LogP contribution in [0.3, 0.4) is 0 Å². The molecule has 0 amide bonds. The number of nitro benzene ring substituents is 1. The number of hydrogen-bond donors (Lipinski definition) is 2. The largest absolute Gasteiger partial charge is 0.497 e. The standard InChI is InChI=1S/C28H40N4O4/c1-35-25-8-6-23(28(19-25)36-2)20-30-24-7-9-26(32(33)34)27(18-24)31-16-12-22(13-17-31)5-3-4-21-10-14-29-15-11-21/h6-9,18-19,21-22,29-30H,3-5,10-17,20H2,1-2H3. The lowest BCUT2D eigenvalue weighted by Gasteiger charge is -2.34. The lowest BCUT2D eigenvalue weighted by atomic mass is 9.87. The van der Waals surface area contributed by atoms with Crippen molar-refractivity contribution < 1.29 is 14.4 Å². The number of nitrogens with one attached hydrogen (secondary N) is 2. The summed E-state index contributed by atoms with van der Waals surface area (Å²) < 4.78 is 10.8. The van der Waals surface area contributed by atoms with Gasteiger partial charge in [0.2, 0.25) is 0 Å². The van der Waals surface area contributed by atoms with Crippen molar-refractivity contribution in [1.82, 2.24) is 5.32 Å². The van der Waals surface area contributed by atoms with Gasteiger partial charge in [-0.15, -0.1) is 0 Å². The lowest BCUT2D eigenvalue weighted by molar-refractivity contribution is -0.384. The third-order valence-electron chi connectivity index (χ3n) is 7.79. The SMILES string of the molecule is COc1ccc(CNc2ccc([N+](=O)[O-])c(N3CCC(CCCC4CCNCC4)CC3)c2)c(OC)c1. The molecule has 0 saturated carbocycles. The van der Waals surface area contributed by atoms with E-state index in [0.29, 0.717) is 12.2 Å². The number of rotatable bonds is 11. The molecule has 0 aliphatic carbocycles. The van der Waals surface area contributed by atoms with Crippen molar-refractivity contribution in [1.29, 1.82) is 0 Å². The molecular weight excluding hydrogens is 456 g/mol. The normalized spacial score (nSPS) is 17.1. The molecule has 2 N–H and O–H groups in total. The molecule has 0 aromatic heterocycles. The molecule has 2 saturated heterocycles. The fourth-order valence-corrected chi connectivity index (χ4v) is 5.56. The highest BCUT2D eigenvalue weighted by Gasteiger charge is 2.25. The van der Waals surface area contributed by atoms with E-state index >= 15 is 0 Å². The van der Waals surface area contributed by atoms with Gasteiger partial charge in [-0.3, -0.25) is 10.1 Å². The first-order valence-electron chi connectivity index (χ1n) is 13.3.